The van der Waals surface area contributed by atoms with E-state index in [-0.39, 0.29) is 6.61 Å². The van der Waals surface area contributed by atoms with Gasteiger partial charge in [-0.05, 0) is 6.92 Å². The van der Waals surface area contributed by atoms with Crippen molar-refractivity contribution in [1.29, 1.82) is 10.5 Å². The lowest BCUT2D eigenvalue weighted by Gasteiger charge is -1.95. The Morgan fingerprint density at radius 2 is 2.25 bits per heavy atom. The third-order valence-corrected chi connectivity index (χ3v) is 0.580. The van der Waals surface area contributed by atoms with E-state index in [1.54, 1.807) is 13.0 Å². The average molecular weight is 110 g/mol. The summed E-state index contributed by atoms with van der Waals surface area (Å²) in [6, 6.07) is 3.59. The summed E-state index contributed by atoms with van der Waals surface area (Å²) in [6.07, 6.45) is -0.463. The summed E-state index contributed by atoms with van der Waals surface area (Å²) in [5.74, 6) is 0. The molecule has 0 saturated heterocycles. The molecule has 42 valence electrons. The fourth-order valence-electron chi connectivity index (χ4n) is 0.200. The Balaban J connectivity index is 3.18. The molecule has 0 amide bonds. The van der Waals surface area contributed by atoms with Gasteiger partial charge in [-0.15, -0.1) is 0 Å². The number of hydrogen-bond donors (Lipinski definition) is 0. The summed E-state index contributed by atoms with van der Waals surface area (Å²) in [7, 11) is 0. The van der Waals surface area contributed by atoms with Crippen LogP contribution in [0.3, 0.4) is 0 Å². The first-order chi connectivity index (χ1) is 3.81. The highest BCUT2D eigenvalue weighted by Gasteiger charge is 1.94. The van der Waals surface area contributed by atoms with Crippen molar-refractivity contribution in [2.45, 2.75) is 13.0 Å². The monoisotopic (exact) mass is 110 g/mol. The lowest BCUT2D eigenvalue weighted by atomic mass is 10.5. The van der Waals surface area contributed by atoms with Gasteiger partial charge in [0.1, 0.15) is 12.7 Å². The van der Waals surface area contributed by atoms with Gasteiger partial charge in [-0.25, -0.2) is 0 Å². The predicted molar refractivity (Wildman–Crippen MR) is 26.6 cm³/mol. The van der Waals surface area contributed by atoms with Crippen LogP contribution >= 0.6 is 0 Å². The second-order valence-corrected chi connectivity index (χ2v) is 1.24. The minimum Gasteiger partial charge on any atom is -0.349 e. The molecule has 0 saturated carbocycles. The summed E-state index contributed by atoms with van der Waals surface area (Å²) < 4.78 is 4.62. The number of rotatable bonds is 2. The quantitative estimate of drug-likeness (QED) is 0.518. The van der Waals surface area contributed by atoms with E-state index >= 15 is 0 Å². The zero-order valence-electron chi connectivity index (χ0n) is 4.59. The van der Waals surface area contributed by atoms with Crippen molar-refractivity contribution >= 4 is 0 Å². The fraction of sp³-hybridized carbons (Fsp3) is 0.600. The van der Waals surface area contributed by atoms with Gasteiger partial charge in [0.15, 0.2) is 0 Å². The molecule has 0 aromatic heterocycles. The number of nitrogens with zero attached hydrogens (tertiary/aromatic N) is 2. The van der Waals surface area contributed by atoms with Gasteiger partial charge in [0, 0.05) is 0 Å². The Morgan fingerprint density at radius 3 is 2.62 bits per heavy atom. The van der Waals surface area contributed by atoms with Crippen LogP contribution in [0, 0.1) is 22.7 Å². The van der Waals surface area contributed by atoms with Crippen molar-refractivity contribution < 1.29 is 4.74 Å². The maximum Gasteiger partial charge on any atom is 0.142 e. The van der Waals surface area contributed by atoms with Crippen LogP contribution in [-0.4, -0.2) is 12.7 Å². The molecule has 0 aromatic rings. The minimum atomic E-state index is -0.463. The molecule has 0 rings (SSSR count). The first-order valence-corrected chi connectivity index (χ1v) is 2.19. The van der Waals surface area contributed by atoms with E-state index in [4.69, 9.17) is 10.5 Å². The van der Waals surface area contributed by atoms with Gasteiger partial charge in [0.05, 0.1) is 12.1 Å². The third-order valence-electron chi connectivity index (χ3n) is 0.580. The number of ether oxygens (including phenoxy) is 1. The van der Waals surface area contributed by atoms with Gasteiger partial charge >= 0.3 is 0 Å². The first-order valence-electron chi connectivity index (χ1n) is 2.19. The summed E-state index contributed by atoms with van der Waals surface area (Å²) in [4.78, 5) is 0. The smallest absolute Gasteiger partial charge is 0.142 e. The topological polar surface area (TPSA) is 56.8 Å². The highest BCUT2D eigenvalue weighted by molar-refractivity contribution is 4.81. The maximum absolute atomic E-state index is 8.08. The van der Waals surface area contributed by atoms with Gasteiger partial charge in [-0.2, -0.15) is 10.5 Å². The highest BCUT2D eigenvalue weighted by atomic mass is 16.5. The Kier molecular flexibility index (Phi) is 3.56. The van der Waals surface area contributed by atoms with E-state index in [1.807, 2.05) is 6.07 Å². The maximum atomic E-state index is 8.08. The minimum absolute atomic E-state index is 0.00523. The van der Waals surface area contributed by atoms with Crippen molar-refractivity contribution in [3.63, 3.8) is 0 Å². The van der Waals surface area contributed by atoms with Crippen molar-refractivity contribution in [1.82, 2.24) is 0 Å². The summed E-state index contributed by atoms with van der Waals surface area (Å²) in [6.45, 7) is 1.59. The molecule has 3 heteroatoms. The number of hydrogen-bond acceptors (Lipinski definition) is 3. The Hall–Kier alpha value is -1.06. The van der Waals surface area contributed by atoms with Gasteiger partial charge in [0.2, 0.25) is 0 Å². The van der Waals surface area contributed by atoms with E-state index in [2.05, 4.69) is 4.74 Å². The summed E-state index contributed by atoms with van der Waals surface area (Å²) in [5.41, 5.74) is 0. The van der Waals surface area contributed by atoms with E-state index < -0.39 is 6.10 Å². The predicted octanol–water partition coefficient (Wildman–Crippen LogP) is 0.439. The second kappa shape index (κ2) is 4.11. The molecule has 0 bridgehead atoms. The molecular formula is C5H6N2O. The van der Waals surface area contributed by atoms with Crippen molar-refractivity contribution in [3.8, 4) is 12.1 Å². The largest absolute Gasteiger partial charge is 0.349 e. The Labute approximate surface area is 48.1 Å². The molecule has 0 aromatic carbocycles. The van der Waals surface area contributed by atoms with Crippen LogP contribution in [0.15, 0.2) is 0 Å². The first kappa shape index (κ1) is 6.94. The van der Waals surface area contributed by atoms with E-state index in [0.717, 1.165) is 0 Å². The van der Waals surface area contributed by atoms with Gasteiger partial charge in [0.25, 0.3) is 0 Å². The van der Waals surface area contributed by atoms with Crippen LogP contribution in [-0.2, 0) is 4.74 Å². The zero-order chi connectivity index (χ0) is 6.41. The molecule has 1 unspecified atom stereocenters. The molecular weight excluding hydrogens is 104 g/mol. The third kappa shape index (κ3) is 3.14. The zero-order valence-corrected chi connectivity index (χ0v) is 4.59. The van der Waals surface area contributed by atoms with Gasteiger partial charge in [-0.1, -0.05) is 0 Å². The lowest BCUT2D eigenvalue weighted by molar-refractivity contribution is 0.131. The molecule has 8 heavy (non-hydrogen) atoms. The Bertz CT molecular complexity index is 130. The molecule has 0 radical (unpaired) electrons. The molecule has 0 heterocycles. The molecule has 0 aliphatic heterocycles. The van der Waals surface area contributed by atoms with Crippen LogP contribution in [0.5, 0.6) is 0 Å². The summed E-state index contributed by atoms with van der Waals surface area (Å²) in [5, 5.41) is 16.0. The van der Waals surface area contributed by atoms with Crippen LogP contribution in [0.2, 0.25) is 0 Å². The highest BCUT2D eigenvalue weighted by Crippen LogP contribution is 1.83. The van der Waals surface area contributed by atoms with Gasteiger partial charge < -0.3 is 4.74 Å². The number of nitriles is 2. The molecule has 0 fully saturated rings. The summed E-state index contributed by atoms with van der Waals surface area (Å²) >= 11 is 0. The SMILES string of the molecule is CC(C#N)OCC#N. The van der Waals surface area contributed by atoms with E-state index in [1.165, 1.54) is 0 Å². The van der Waals surface area contributed by atoms with Crippen molar-refractivity contribution in [2.75, 3.05) is 6.61 Å². The molecule has 3 nitrogen and oxygen atoms in total. The van der Waals surface area contributed by atoms with Crippen molar-refractivity contribution in [3.05, 3.63) is 0 Å². The fourth-order valence-corrected chi connectivity index (χ4v) is 0.200. The van der Waals surface area contributed by atoms with E-state index in [0.29, 0.717) is 0 Å². The van der Waals surface area contributed by atoms with E-state index in [9.17, 15) is 0 Å². The molecule has 0 aliphatic rings. The Morgan fingerprint density at radius 1 is 1.62 bits per heavy atom. The average Bonchev–Trinajstić information content (AvgIpc) is 1.83. The molecule has 0 N–H and O–H groups in total. The standard InChI is InChI=1S/C5H6N2O/c1-5(4-7)8-3-2-6/h5H,3H2,1H3. The van der Waals surface area contributed by atoms with Crippen molar-refractivity contribution in [2.24, 2.45) is 0 Å². The molecule has 1 atom stereocenters. The van der Waals surface area contributed by atoms with Gasteiger partial charge in [-0.3, -0.25) is 0 Å². The lowest BCUT2D eigenvalue weighted by Crippen LogP contribution is -2.03. The molecule has 0 aliphatic carbocycles. The normalized spacial score (nSPS) is 11.4. The van der Waals surface area contributed by atoms with Crippen LogP contribution < -0.4 is 0 Å². The van der Waals surface area contributed by atoms with Crippen LogP contribution in [0.25, 0.3) is 0 Å². The second-order valence-electron chi connectivity index (χ2n) is 1.24. The van der Waals surface area contributed by atoms with Crippen LogP contribution in [0.4, 0.5) is 0 Å². The molecule has 0 spiro atoms. The van der Waals surface area contributed by atoms with Crippen LogP contribution in [0.1, 0.15) is 6.92 Å².